The predicted octanol–water partition coefficient (Wildman–Crippen LogP) is 6.97. The van der Waals surface area contributed by atoms with E-state index in [2.05, 4.69) is 4.67 Å². The molecule has 270 valence electrons. The lowest BCUT2D eigenvalue weighted by atomic mass is 9.97. The molecule has 6 atom stereocenters. The average molecular weight is 710 g/mol. The van der Waals surface area contributed by atoms with E-state index in [0.717, 1.165) is 16.7 Å². The fraction of sp³-hybridized carbons (Fsp3) is 0.447. The number of nitrogens with zero attached hydrogens (tertiary/aromatic N) is 1. The van der Waals surface area contributed by atoms with Gasteiger partial charge in [0, 0.05) is 26.3 Å². The summed E-state index contributed by atoms with van der Waals surface area (Å²) in [6.45, 7) is 13.7. The Morgan fingerprint density at radius 3 is 1.38 bits per heavy atom. The number of esters is 3. The predicted molar refractivity (Wildman–Crippen MR) is 189 cm³/mol. The molecule has 0 N–H and O–H groups in total. The first-order valence-corrected chi connectivity index (χ1v) is 17.7. The Morgan fingerprint density at radius 1 is 0.640 bits per heavy atom. The molecule has 0 amide bonds. The molecule has 0 radical (unpaired) electrons. The molecule has 1 saturated heterocycles. The summed E-state index contributed by atoms with van der Waals surface area (Å²) in [5, 5.41) is 0. The minimum Gasteiger partial charge on any atom is -0.452 e. The van der Waals surface area contributed by atoms with E-state index in [1.54, 1.807) is 79.9 Å². The Morgan fingerprint density at radius 2 is 1.02 bits per heavy atom. The first-order chi connectivity index (χ1) is 23.8. The molecule has 4 rings (SSSR count). The summed E-state index contributed by atoms with van der Waals surface area (Å²) in [7, 11) is 1.36. The maximum atomic E-state index is 13.7. The van der Waals surface area contributed by atoms with Gasteiger partial charge in [0.1, 0.15) is 6.10 Å². The van der Waals surface area contributed by atoms with Gasteiger partial charge in [-0.15, -0.1) is 0 Å². The SMILES string of the molecule is CO[C@H]1O[C@H](COP(OC)N(C(C)C)C(C)C)[C@@H](OC(=O)c2ccc(C)cc2)[C@H](OC(=O)c2ccc(C)cc2)[C@H]1OC(=O)c1ccc(C)cc1. The van der Waals surface area contributed by atoms with Crippen molar-refractivity contribution in [2.75, 3.05) is 20.8 Å². The Balaban J connectivity index is 1.76. The maximum Gasteiger partial charge on any atom is 0.338 e. The molecule has 1 aliphatic rings. The zero-order valence-electron chi connectivity index (χ0n) is 30.2. The van der Waals surface area contributed by atoms with Crippen molar-refractivity contribution < 1.29 is 47.1 Å². The fourth-order valence-electron chi connectivity index (χ4n) is 5.57. The van der Waals surface area contributed by atoms with Gasteiger partial charge in [0.25, 0.3) is 8.53 Å². The molecule has 3 aromatic rings. The molecule has 1 unspecified atom stereocenters. The van der Waals surface area contributed by atoms with Gasteiger partial charge in [-0.1, -0.05) is 53.1 Å². The zero-order valence-corrected chi connectivity index (χ0v) is 31.0. The average Bonchev–Trinajstić information content (AvgIpc) is 3.08. The lowest BCUT2D eigenvalue weighted by molar-refractivity contribution is -0.291. The Labute approximate surface area is 296 Å². The number of carbonyl (C=O) groups is 3. The van der Waals surface area contributed by atoms with Crippen LogP contribution in [0.5, 0.6) is 0 Å². The molecular weight excluding hydrogens is 661 g/mol. The van der Waals surface area contributed by atoms with Gasteiger partial charge in [-0.3, -0.25) is 0 Å². The van der Waals surface area contributed by atoms with Gasteiger partial charge in [-0.25, -0.2) is 19.1 Å². The van der Waals surface area contributed by atoms with Gasteiger partial charge in [0.05, 0.1) is 23.3 Å². The largest absolute Gasteiger partial charge is 0.452 e. The third-order valence-corrected chi connectivity index (χ3v) is 10.2. The van der Waals surface area contributed by atoms with Crippen LogP contribution in [0.2, 0.25) is 0 Å². The quantitative estimate of drug-likeness (QED) is 0.0981. The van der Waals surface area contributed by atoms with Crippen molar-refractivity contribution in [1.82, 2.24) is 4.67 Å². The first-order valence-electron chi connectivity index (χ1n) is 16.6. The summed E-state index contributed by atoms with van der Waals surface area (Å²) >= 11 is 0. The molecule has 0 saturated carbocycles. The number of hydrogen-bond acceptors (Lipinski definition) is 11. The lowest BCUT2D eigenvalue weighted by Gasteiger charge is -2.44. The van der Waals surface area contributed by atoms with Crippen molar-refractivity contribution in [3.63, 3.8) is 0 Å². The second kappa shape index (κ2) is 18.0. The van der Waals surface area contributed by atoms with Crippen molar-refractivity contribution in [3.8, 4) is 0 Å². The maximum absolute atomic E-state index is 13.7. The van der Waals surface area contributed by atoms with Crippen LogP contribution >= 0.6 is 8.53 Å². The van der Waals surface area contributed by atoms with Crippen molar-refractivity contribution in [3.05, 3.63) is 106 Å². The van der Waals surface area contributed by atoms with Crippen LogP contribution in [0.3, 0.4) is 0 Å². The standard InChI is InChI=1S/C38H48NO10P/c1-23(2)39(24(3)4)50(44-9)45-22-31-32(47-35(40)28-16-10-25(5)11-17-28)33(48-36(41)29-18-12-26(6)13-19-29)34(38(43-8)46-31)49-37(42)30-20-14-27(7)15-21-30/h10-21,23-24,31-34,38H,22H2,1-9H3/t31-,32-,33+,34-,38+,50?/m1/s1. The number of benzene rings is 3. The van der Waals surface area contributed by atoms with E-state index in [4.69, 9.17) is 32.7 Å². The molecule has 0 aliphatic carbocycles. The second-order valence-electron chi connectivity index (χ2n) is 12.8. The third kappa shape index (κ3) is 9.96. The number of carbonyl (C=O) groups excluding carboxylic acids is 3. The van der Waals surface area contributed by atoms with Crippen LogP contribution in [0.25, 0.3) is 0 Å². The van der Waals surface area contributed by atoms with Crippen molar-refractivity contribution in [2.45, 2.75) is 91.3 Å². The number of ether oxygens (including phenoxy) is 5. The summed E-state index contributed by atoms with van der Waals surface area (Å²) in [5.74, 6) is -2.12. The molecule has 1 fully saturated rings. The van der Waals surface area contributed by atoms with E-state index in [1.807, 2.05) is 48.5 Å². The van der Waals surface area contributed by atoms with Gasteiger partial charge >= 0.3 is 17.9 Å². The summed E-state index contributed by atoms with van der Waals surface area (Å²) in [4.78, 5) is 40.9. The second-order valence-corrected chi connectivity index (χ2v) is 14.3. The molecule has 0 spiro atoms. The highest BCUT2D eigenvalue weighted by Gasteiger charge is 2.53. The summed E-state index contributed by atoms with van der Waals surface area (Å²) in [5.41, 5.74) is 3.65. The third-order valence-electron chi connectivity index (χ3n) is 8.17. The molecule has 50 heavy (non-hydrogen) atoms. The van der Waals surface area contributed by atoms with Gasteiger partial charge in [-0.05, 0) is 84.9 Å². The highest BCUT2D eigenvalue weighted by molar-refractivity contribution is 7.44. The van der Waals surface area contributed by atoms with E-state index in [-0.39, 0.29) is 35.4 Å². The van der Waals surface area contributed by atoms with Crippen molar-refractivity contribution in [2.24, 2.45) is 0 Å². The fourth-order valence-corrected chi connectivity index (χ4v) is 7.03. The minimum atomic E-state index is -1.58. The molecule has 12 heteroatoms. The minimum absolute atomic E-state index is 0.0870. The summed E-state index contributed by atoms with van der Waals surface area (Å²) in [6, 6.07) is 20.7. The van der Waals surface area contributed by atoms with Crippen LogP contribution in [-0.2, 0) is 32.7 Å². The summed E-state index contributed by atoms with van der Waals surface area (Å²) in [6.07, 6.45) is -6.30. The Hall–Kier alpha value is -3.70. The van der Waals surface area contributed by atoms with Crippen LogP contribution in [0.4, 0.5) is 0 Å². The van der Waals surface area contributed by atoms with E-state index in [0.29, 0.717) is 0 Å². The Bertz CT molecular complexity index is 1550. The van der Waals surface area contributed by atoms with Crippen molar-refractivity contribution in [1.29, 1.82) is 0 Å². The van der Waals surface area contributed by atoms with E-state index in [9.17, 15) is 14.4 Å². The van der Waals surface area contributed by atoms with Crippen molar-refractivity contribution >= 4 is 26.4 Å². The van der Waals surface area contributed by atoms with Gasteiger partial charge in [0.15, 0.2) is 24.6 Å². The van der Waals surface area contributed by atoms with Gasteiger partial charge in [-0.2, -0.15) is 0 Å². The zero-order chi connectivity index (χ0) is 36.5. The monoisotopic (exact) mass is 709 g/mol. The number of rotatable bonds is 14. The topological polar surface area (TPSA) is 119 Å². The normalized spacial score (nSPS) is 21.2. The highest BCUT2D eigenvalue weighted by Crippen LogP contribution is 2.46. The number of methoxy groups -OCH3 is 1. The van der Waals surface area contributed by atoms with Crippen LogP contribution < -0.4 is 0 Å². The van der Waals surface area contributed by atoms with Gasteiger partial charge in [0.2, 0.25) is 0 Å². The molecule has 0 bridgehead atoms. The number of hydrogen-bond donors (Lipinski definition) is 0. The van der Waals surface area contributed by atoms with Crippen LogP contribution in [0, 0.1) is 20.8 Å². The van der Waals surface area contributed by atoms with Crippen LogP contribution in [0.1, 0.15) is 75.5 Å². The Kier molecular flexibility index (Phi) is 14.1. The van der Waals surface area contributed by atoms with E-state index in [1.165, 1.54) is 7.11 Å². The molecular formula is C38H48NO10P. The lowest BCUT2D eigenvalue weighted by Crippen LogP contribution is -2.62. The van der Waals surface area contributed by atoms with Crippen LogP contribution in [-0.4, -0.2) is 86.2 Å². The highest BCUT2D eigenvalue weighted by atomic mass is 31.2. The summed E-state index contributed by atoms with van der Waals surface area (Å²) < 4.78 is 44.5. The van der Waals surface area contributed by atoms with E-state index < -0.39 is 57.1 Å². The molecule has 1 heterocycles. The first kappa shape index (κ1) is 39.1. The van der Waals surface area contributed by atoms with E-state index >= 15 is 0 Å². The molecule has 11 nitrogen and oxygen atoms in total. The smallest absolute Gasteiger partial charge is 0.338 e. The van der Waals surface area contributed by atoms with Gasteiger partial charge < -0.3 is 32.7 Å². The van der Waals surface area contributed by atoms with Crippen LogP contribution in [0.15, 0.2) is 72.8 Å². The molecule has 0 aromatic heterocycles. The number of aryl methyl sites for hydroxylation is 3. The molecule has 1 aliphatic heterocycles. The molecule has 3 aromatic carbocycles.